The van der Waals surface area contributed by atoms with Crippen molar-refractivity contribution in [3.63, 3.8) is 0 Å². The van der Waals surface area contributed by atoms with Gasteiger partial charge in [-0.25, -0.2) is 0 Å². The molecule has 0 amide bonds. The Morgan fingerprint density at radius 2 is 1.89 bits per heavy atom. The second kappa shape index (κ2) is 9.83. The van der Waals surface area contributed by atoms with Crippen LogP contribution in [0.1, 0.15) is 49.7 Å². The molecule has 2 saturated heterocycles. The lowest BCUT2D eigenvalue weighted by molar-refractivity contribution is -0.137. The average Bonchev–Trinajstić information content (AvgIpc) is 3.26. The van der Waals surface area contributed by atoms with Crippen molar-refractivity contribution in [3.8, 4) is 0 Å². The summed E-state index contributed by atoms with van der Waals surface area (Å²) < 4.78 is 6.10. The van der Waals surface area contributed by atoms with Crippen LogP contribution in [0.25, 0.3) is 0 Å². The van der Waals surface area contributed by atoms with E-state index in [-0.39, 0.29) is 24.4 Å². The summed E-state index contributed by atoms with van der Waals surface area (Å²) in [5, 5.41) is 8.68. The van der Waals surface area contributed by atoms with Gasteiger partial charge in [0.25, 0.3) is 0 Å². The fraction of sp³-hybridized carbons (Fsp3) is 0.500. The summed E-state index contributed by atoms with van der Waals surface area (Å²) in [7, 11) is 0. The maximum Gasteiger partial charge on any atom is 0.303 e. The van der Waals surface area contributed by atoms with E-state index in [4.69, 9.17) is 9.84 Å². The van der Waals surface area contributed by atoms with Crippen molar-refractivity contribution in [1.82, 2.24) is 0 Å². The zero-order chi connectivity index (χ0) is 19.9. The number of aryl methyl sites for hydroxylation is 1. The summed E-state index contributed by atoms with van der Waals surface area (Å²) >= 11 is 0. The third-order valence-electron chi connectivity index (χ3n) is 5.83. The van der Waals surface area contributed by atoms with Crippen LogP contribution in [0.2, 0.25) is 0 Å². The minimum absolute atomic E-state index is 0.134. The molecule has 2 fully saturated rings. The van der Waals surface area contributed by atoms with Crippen LogP contribution in [0.5, 0.6) is 0 Å². The quantitative estimate of drug-likeness (QED) is 0.363. The molecular weight excluding hydrogens is 352 g/mol. The van der Waals surface area contributed by atoms with E-state index in [1.807, 2.05) is 31.2 Å². The molecule has 0 spiro atoms. The van der Waals surface area contributed by atoms with E-state index in [1.165, 1.54) is 5.56 Å². The van der Waals surface area contributed by atoms with Crippen LogP contribution < -0.4 is 0 Å². The van der Waals surface area contributed by atoms with Crippen LogP contribution in [-0.4, -0.2) is 29.1 Å². The number of hydrogen-bond acceptors (Lipinski definition) is 3. The van der Waals surface area contributed by atoms with Crippen LogP contribution in [0.15, 0.2) is 48.6 Å². The predicted molar refractivity (Wildman–Crippen MR) is 109 cm³/mol. The molecule has 4 nitrogen and oxygen atoms in total. The first-order valence-electron chi connectivity index (χ1n) is 10.3. The first kappa shape index (κ1) is 20.5. The number of rotatable bonds is 10. The SMILES string of the molecule is Cc1ccc(CC(=O)C=C[C@H]2[C@@H](CC=CCCCC(=O)O)[C@H]3CC[C@@H]2O3)cc1. The first-order chi connectivity index (χ1) is 13.5. The van der Waals surface area contributed by atoms with Crippen molar-refractivity contribution in [1.29, 1.82) is 0 Å². The molecule has 150 valence electrons. The van der Waals surface area contributed by atoms with Crippen LogP contribution in [0.4, 0.5) is 0 Å². The second-order valence-corrected chi connectivity index (χ2v) is 8.01. The Labute approximate surface area is 167 Å². The highest BCUT2D eigenvalue weighted by Gasteiger charge is 2.46. The molecule has 2 aliphatic rings. The van der Waals surface area contributed by atoms with Gasteiger partial charge in [-0.1, -0.05) is 48.1 Å². The number of carbonyl (C=O) groups is 2. The molecule has 4 atom stereocenters. The molecule has 2 heterocycles. The van der Waals surface area contributed by atoms with E-state index in [2.05, 4.69) is 18.2 Å². The Morgan fingerprint density at radius 1 is 1.14 bits per heavy atom. The summed E-state index contributed by atoms with van der Waals surface area (Å²) in [6.45, 7) is 2.04. The molecule has 2 bridgehead atoms. The monoisotopic (exact) mass is 382 g/mol. The van der Waals surface area contributed by atoms with Crippen LogP contribution in [0, 0.1) is 18.8 Å². The molecular formula is C24H30O4. The summed E-state index contributed by atoms with van der Waals surface area (Å²) in [5.74, 6) is 0.104. The Kier molecular flexibility index (Phi) is 7.21. The molecule has 3 rings (SSSR count). The maximum absolute atomic E-state index is 12.4. The highest BCUT2D eigenvalue weighted by atomic mass is 16.5. The molecule has 28 heavy (non-hydrogen) atoms. The van der Waals surface area contributed by atoms with Gasteiger partial charge >= 0.3 is 5.97 Å². The maximum atomic E-state index is 12.4. The number of fused-ring (bicyclic) bond motifs is 2. The number of ketones is 1. The lowest BCUT2D eigenvalue weighted by Gasteiger charge is -2.24. The first-order valence-corrected chi connectivity index (χ1v) is 10.3. The van der Waals surface area contributed by atoms with Gasteiger partial charge in [0.2, 0.25) is 0 Å². The van der Waals surface area contributed by atoms with Gasteiger partial charge in [-0.2, -0.15) is 0 Å². The molecule has 1 N–H and O–H groups in total. The molecule has 4 heteroatoms. The van der Waals surface area contributed by atoms with Crippen molar-refractivity contribution in [2.24, 2.45) is 11.8 Å². The van der Waals surface area contributed by atoms with Gasteiger partial charge in [0, 0.05) is 18.8 Å². The van der Waals surface area contributed by atoms with Crippen LogP contribution in [-0.2, 0) is 20.7 Å². The van der Waals surface area contributed by atoms with E-state index >= 15 is 0 Å². The highest BCUT2D eigenvalue weighted by Crippen LogP contribution is 2.45. The number of aliphatic carboxylic acids is 1. The normalized spacial score (nSPS) is 26.5. The topological polar surface area (TPSA) is 63.6 Å². The van der Waals surface area contributed by atoms with E-state index in [9.17, 15) is 9.59 Å². The smallest absolute Gasteiger partial charge is 0.303 e. The van der Waals surface area contributed by atoms with Gasteiger partial charge in [-0.3, -0.25) is 9.59 Å². The fourth-order valence-electron chi connectivity index (χ4n) is 4.31. The highest BCUT2D eigenvalue weighted by molar-refractivity contribution is 5.91. The van der Waals surface area contributed by atoms with E-state index < -0.39 is 5.97 Å². The number of carbonyl (C=O) groups excluding carboxylic acids is 1. The third-order valence-corrected chi connectivity index (χ3v) is 5.83. The molecule has 0 saturated carbocycles. The van der Waals surface area contributed by atoms with Gasteiger partial charge in [-0.15, -0.1) is 0 Å². The minimum Gasteiger partial charge on any atom is -0.481 e. The largest absolute Gasteiger partial charge is 0.481 e. The summed E-state index contributed by atoms with van der Waals surface area (Å²) in [6, 6.07) is 8.10. The number of allylic oxidation sites excluding steroid dienone is 3. The molecule has 0 unspecified atom stereocenters. The van der Waals surface area contributed by atoms with Crippen molar-refractivity contribution >= 4 is 11.8 Å². The standard InChI is InChI=1S/C24H30O4/c1-17-8-10-18(11-9-17)16-19(25)12-13-21-20(22-14-15-23(21)28-22)6-4-2-3-5-7-24(26)27/h2,4,8-13,20-23H,3,5-7,14-16H2,1H3,(H,26,27)/t20-,21+,22-,23+/m1/s1. The number of benzene rings is 1. The third kappa shape index (κ3) is 5.65. The molecule has 0 radical (unpaired) electrons. The lowest BCUT2D eigenvalue weighted by Crippen LogP contribution is -2.25. The fourth-order valence-corrected chi connectivity index (χ4v) is 4.31. The molecule has 2 aliphatic heterocycles. The second-order valence-electron chi connectivity index (χ2n) is 8.01. The minimum atomic E-state index is -0.740. The number of unbranched alkanes of at least 4 members (excludes halogenated alkanes) is 1. The van der Waals surface area contributed by atoms with E-state index in [0.717, 1.165) is 31.2 Å². The Balaban J connectivity index is 1.51. The van der Waals surface area contributed by atoms with Crippen molar-refractivity contribution < 1.29 is 19.4 Å². The van der Waals surface area contributed by atoms with Crippen LogP contribution >= 0.6 is 0 Å². The van der Waals surface area contributed by atoms with Gasteiger partial charge in [0.05, 0.1) is 12.2 Å². The van der Waals surface area contributed by atoms with Crippen LogP contribution in [0.3, 0.4) is 0 Å². The van der Waals surface area contributed by atoms with Gasteiger partial charge in [-0.05, 0) is 56.6 Å². The van der Waals surface area contributed by atoms with Crippen molar-refractivity contribution in [2.75, 3.05) is 0 Å². The van der Waals surface area contributed by atoms with Crippen molar-refractivity contribution in [2.45, 2.75) is 64.1 Å². The molecule has 1 aromatic carbocycles. The predicted octanol–water partition coefficient (Wildman–Crippen LogP) is 4.66. The zero-order valence-electron chi connectivity index (χ0n) is 16.5. The molecule has 0 aliphatic carbocycles. The lowest BCUT2D eigenvalue weighted by atomic mass is 9.77. The summed E-state index contributed by atoms with van der Waals surface area (Å²) in [6.07, 6.45) is 13.8. The number of ether oxygens (including phenoxy) is 1. The van der Waals surface area contributed by atoms with E-state index in [0.29, 0.717) is 24.7 Å². The molecule has 1 aromatic rings. The number of carboxylic acids is 1. The summed E-state index contributed by atoms with van der Waals surface area (Å²) in [5.41, 5.74) is 2.25. The van der Waals surface area contributed by atoms with Gasteiger partial charge < -0.3 is 9.84 Å². The molecule has 0 aromatic heterocycles. The Morgan fingerprint density at radius 3 is 2.64 bits per heavy atom. The number of hydrogen-bond donors (Lipinski definition) is 1. The zero-order valence-corrected chi connectivity index (χ0v) is 16.5. The Hall–Kier alpha value is -2.20. The van der Waals surface area contributed by atoms with Gasteiger partial charge in [0.15, 0.2) is 5.78 Å². The number of carboxylic acid groups (broad SMARTS) is 1. The Bertz CT molecular complexity index is 731. The van der Waals surface area contributed by atoms with Gasteiger partial charge in [0.1, 0.15) is 0 Å². The summed E-state index contributed by atoms with van der Waals surface area (Å²) in [4.78, 5) is 22.9. The average molecular weight is 383 g/mol. The van der Waals surface area contributed by atoms with E-state index in [1.54, 1.807) is 6.08 Å². The van der Waals surface area contributed by atoms with Crippen molar-refractivity contribution in [3.05, 3.63) is 59.7 Å².